The lowest BCUT2D eigenvalue weighted by molar-refractivity contribution is -0.140. The van der Waals surface area contributed by atoms with Crippen molar-refractivity contribution in [2.45, 2.75) is 77.6 Å². The lowest BCUT2D eigenvalue weighted by Gasteiger charge is -2.30. The Morgan fingerprint density at radius 2 is 1.72 bits per heavy atom. The number of carbonyl (C=O) groups excluding carboxylic acids is 1. The first-order valence-corrected chi connectivity index (χ1v) is 11.5. The molecule has 0 aromatic heterocycles. The van der Waals surface area contributed by atoms with Gasteiger partial charge in [0.25, 0.3) is 0 Å². The van der Waals surface area contributed by atoms with Crippen LogP contribution < -0.4 is 4.74 Å². The van der Waals surface area contributed by atoms with E-state index in [0.717, 1.165) is 49.7 Å². The Morgan fingerprint density at radius 3 is 2.45 bits per heavy atom. The second-order valence-electron chi connectivity index (χ2n) is 9.22. The number of hydrogen-bond acceptors (Lipinski definition) is 2. The zero-order valence-corrected chi connectivity index (χ0v) is 18.0. The maximum Gasteiger partial charge on any atom is 0.314 e. The van der Waals surface area contributed by atoms with Crippen LogP contribution in [0.4, 0.5) is 0 Å². The van der Waals surface area contributed by atoms with Gasteiger partial charge in [0.1, 0.15) is 5.75 Å². The van der Waals surface area contributed by atoms with Gasteiger partial charge in [-0.2, -0.15) is 0 Å². The summed E-state index contributed by atoms with van der Waals surface area (Å²) in [7, 11) is 0. The third-order valence-corrected chi connectivity index (χ3v) is 7.00. The summed E-state index contributed by atoms with van der Waals surface area (Å²) in [6, 6.07) is 15.5. The highest BCUT2D eigenvalue weighted by molar-refractivity contribution is 5.78. The van der Waals surface area contributed by atoms with Gasteiger partial charge in [-0.15, -0.1) is 0 Å². The Morgan fingerprint density at radius 1 is 0.966 bits per heavy atom. The predicted octanol–water partition coefficient (Wildman–Crippen LogP) is 6.78. The predicted molar refractivity (Wildman–Crippen MR) is 118 cm³/mol. The number of esters is 1. The molecule has 2 heteroatoms. The highest BCUT2D eigenvalue weighted by atomic mass is 16.5. The minimum absolute atomic E-state index is 0.0144. The number of aryl methyl sites for hydroxylation is 2. The van der Waals surface area contributed by atoms with Crippen LogP contribution in [0.3, 0.4) is 0 Å². The molecule has 1 aliphatic carbocycles. The van der Waals surface area contributed by atoms with Crippen LogP contribution in [0.2, 0.25) is 0 Å². The first-order chi connectivity index (χ1) is 14.1. The summed E-state index contributed by atoms with van der Waals surface area (Å²) in [4.78, 5) is 12.5. The number of benzene rings is 2. The van der Waals surface area contributed by atoms with Gasteiger partial charge in [0.15, 0.2) is 0 Å². The molecule has 2 aromatic rings. The molecule has 1 aliphatic heterocycles. The minimum atomic E-state index is -0.0144. The molecule has 2 nitrogen and oxygen atoms in total. The van der Waals surface area contributed by atoms with Gasteiger partial charge >= 0.3 is 5.97 Å². The molecule has 2 aromatic carbocycles. The molecule has 1 saturated carbocycles. The summed E-state index contributed by atoms with van der Waals surface area (Å²) in [6.07, 6.45) is 10.3. The lowest BCUT2D eigenvalue weighted by atomic mass is 9.76. The van der Waals surface area contributed by atoms with Crippen LogP contribution in [-0.2, 0) is 17.6 Å². The number of ether oxygens (including phenoxy) is 1. The van der Waals surface area contributed by atoms with Crippen molar-refractivity contribution in [1.82, 2.24) is 0 Å². The topological polar surface area (TPSA) is 26.3 Å². The molecular weight excluding hydrogens is 356 g/mol. The third kappa shape index (κ3) is 4.91. The van der Waals surface area contributed by atoms with Gasteiger partial charge in [0, 0.05) is 0 Å². The van der Waals surface area contributed by atoms with Crippen LogP contribution in [0.15, 0.2) is 42.5 Å². The van der Waals surface area contributed by atoms with Gasteiger partial charge in [-0.3, -0.25) is 4.79 Å². The molecule has 29 heavy (non-hydrogen) atoms. The monoisotopic (exact) mass is 390 g/mol. The molecule has 0 amide bonds. The minimum Gasteiger partial charge on any atom is -0.426 e. The van der Waals surface area contributed by atoms with E-state index in [1.807, 2.05) is 0 Å². The Kier molecular flexibility index (Phi) is 6.37. The summed E-state index contributed by atoms with van der Waals surface area (Å²) in [6.45, 7) is 4.33. The molecular formula is C27H34O2. The number of fused-ring (bicyclic) bond motifs is 1. The van der Waals surface area contributed by atoms with Crippen LogP contribution in [0, 0.1) is 18.8 Å². The largest absolute Gasteiger partial charge is 0.426 e. The lowest BCUT2D eigenvalue weighted by Crippen LogP contribution is -2.28. The highest BCUT2D eigenvalue weighted by Gasteiger charge is 2.30. The van der Waals surface area contributed by atoms with Crippen molar-refractivity contribution in [3.8, 4) is 5.75 Å². The molecule has 1 atom stereocenters. The van der Waals surface area contributed by atoms with Crippen LogP contribution >= 0.6 is 0 Å². The van der Waals surface area contributed by atoms with Crippen molar-refractivity contribution in [3.05, 3.63) is 64.7 Å². The maximum atomic E-state index is 12.5. The maximum absolute atomic E-state index is 12.5. The van der Waals surface area contributed by atoms with Crippen LogP contribution in [-0.4, -0.2) is 5.97 Å². The Hall–Kier alpha value is -2.09. The van der Waals surface area contributed by atoms with Crippen LogP contribution in [0.5, 0.6) is 5.75 Å². The van der Waals surface area contributed by atoms with Crippen molar-refractivity contribution in [2.75, 3.05) is 0 Å². The fourth-order valence-electron chi connectivity index (χ4n) is 5.13. The molecule has 1 fully saturated rings. The second kappa shape index (κ2) is 9.15. The SMILES string of the molecule is CCCc1ccc2c(c1)OC(=O)C(CCC1CCC(c3ccc(C)cc3)CC1)C2. The fraction of sp³-hybridized carbons (Fsp3) is 0.519. The van der Waals surface area contributed by atoms with Crippen molar-refractivity contribution in [2.24, 2.45) is 11.8 Å². The molecule has 1 unspecified atom stereocenters. The smallest absolute Gasteiger partial charge is 0.314 e. The van der Waals surface area contributed by atoms with E-state index in [1.54, 1.807) is 0 Å². The van der Waals surface area contributed by atoms with E-state index in [9.17, 15) is 4.79 Å². The molecule has 0 spiro atoms. The van der Waals surface area contributed by atoms with Gasteiger partial charge < -0.3 is 4.74 Å². The summed E-state index contributed by atoms with van der Waals surface area (Å²) < 4.78 is 5.72. The van der Waals surface area contributed by atoms with Crippen LogP contribution in [0.1, 0.15) is 80.0 Å². The summed E-state index contributed by atoms with van der Waals surface area (Å²) in [5.74, 6) is 2.30. The Bertz CT molecular complexity index is 828. The van der Waals surface area contributed by atoms with E-state index in [0.29, 0.717) is 0 Å². The van der Waals surface area contributed by atoms with Crippen molar-refractivity contribution in [3.63, 3.8) is 0 Å². The standard InChI is InChI=1S/C27H34O2/c1-3-4-21-10-15-24-18-25(27(28)29-26(24)17-21)16-9-20-7-13-23(14-8-20)22-11-5-19(2)6-12-22/h5-6,10-12,15,17,20,23,25H,3-4,7-9,13-14,16,18H2,1-2H3. The molecule has 0 N–H and O–H groups in total. The Balaban J connectivity index is 1.27. The van der Waals surface area contributed by atoms with E-state index < -0.39 is 0 Å². The quantitative estimate of drug-likeness (QED) is 0.401. The number of rotatable bonds is 6. The fourth-order valence-corrected chi connectivity index (χ4v) is 5.13. The average molecular weight is 391 g/mol. The first kappa shape index (κ1) is 20.2. The van der Waals surface area contributed by atoms with Gasteiger partial charge in [0.05, 0.1) is 5.92 Å². The van der Waals surface area contributed by atoms with Gasteiger partial charge in [0.2, 0.25) is 0 Å². The normalized spacial score (nSPS) is 24.1. The van der Waals surface area contributed by atoms with E-state index in [-0.39, 0.29) is 11.9 Å². The molecule has 0 saturated heterocycles. The first-order valence-electron chi connectivity index (χ1n) is 11.5. The molecule has 0 radical (unpaired) electrons. The third-order valence-electron chi connectivity index (χ3n) is 7.00. The number of carbonyl (C=O) groups is 1. The molecule has 2 aliphatic rings. The summed E-state index contributed by atoms with van der Waals surface area (Å²) in [5.41, 5.74) is 5.31. The van der Waals surface area contributed by atoms with Crippen LogP contribution in [0.25, 0.3) is 0 Å². The second-order valence-corrected chi connectivity index (χ2v) is 9.22. The van der Waals surface area contributed by atoms with Gasteiger partial charge in [-0.25, -0.2) is 0 Å². The van der Waals surface area contributed by atoms with E-state index >= 15 is 0 Å². The number of hydrogen-bond donors (Lipinski definition) is 0. The van der Waals surface area contributed by atoms with E-state index in [1.165, 1.54) is 47.9 Å². The van der Waals surface area contributed by atoms with Gasteiger partial charge in [-0.1, -0.05) is 55.3 Å². The molecule has 1 heterocycles. The van der Waals surface area contributed by atoms with Crippen molar-refractivity contribution < 1.29 is 9.53 Å². The summed E-state index contributed by atoms with van der Waals surface area (Å²) in [5, 5.41) is 0. The van der Waals surface area contributed by atoms with E-state index in [2.05, 4.69) is 56.3 Å². The summed E-state index contributed by atoms with van der Waals surface area (Å²) >= 11 is 0. The highest BCUT2D eigenvalue weighted by Crippen LogP contribution is 2.39. The zero-order chi connectivity index (χ0) is 20.2. The van der Waals surface area contributed by atoms with Crippen molar-refractivity contribution >= 4 is 5.97 Å². The molecule has 4 rings (SSSR count). The zero-order valence-electron chi connectivity index (χ0n) is 18.0. The molecule has 0 bridgehead atoms. The van der Waals surface area contributed by atoms with Crippen molar-refractivity contribution in [1.29, 1.82) is 0 Å². The molecule has 154 valence electrons. The van der Waals surface area contributed by atoms with E-state index in [4.69, 9.17) is 4.74 Å². The average Bonchev–Trinajstić information content (AvgIpc) is 2.73. The van der Waals surface area contributed by atoms with Gasteiger partial charge in [-0.05, 0) is 92.9 Å². The Labute approximate surface area is 175 Å².